The summed E-state index contributed by atoms with van der Waals surface area (Å²) in [6, 6.07) is 3.54. The lowest BCUT2D eigenvalue weighted by Crippen LogP contribution is -2.48. The molecule has 9 heteroatoms. The summed E-state index contributed by atoms with van der Waals surface area (Å²) in [5, 5.41) is 15.4. The third-order valence-electron chi connectivity index (χ3n) is 3.52. The van der Waals surface area contributed by atoms with Crippen LogP contribution in [0.5, 0.6) is 0 Å². The molecule has 0 N–H and O–H groups in total. The summed E-state index contributed by atoms with van der Waals surface area (Å²) >= 11 is 0. The summed E-state index contributed by atoms with van der Waals surface area (Å²) in [6.07, 6.45) is 1.19. The number of anilines is 1. The zero-order valence-electron chi connectivity index (χ0n) is 12.4. The van der Waals surface area contributed by atoms with Gasteiger partial charge in [-0.1, -0.05) is 9.61 Å². The fraction of sp³-hybridized carbons (Fsp3) is 0.538. The van der Waals surface area contributed by atoms with Crippen LogP contribution in [-0.2, 0) is 9.47 Å². The van der Waals surface area contributed by atoms with Gasteiger partial charge in [0, 0.05) is 26.3 Å². The van der Waals surface area contributed by atoms with Gasteiger partial charge in [0.2, 0.25) is 5.65 Å². The molecule has 3 heterocycles. The Kier molecular flexibility index (Phi) is 3.90. The van der Waals surface area contributed by atoms with Crippen LogP contribution in [0.25, 0.3) is 5.65 Å². The fourth-order valence-electron chi connectivity index (χ4n) is 2.65. The maximum atomic E-state index is 11.0. The lowest BCUT2D eigenvalue weighted by atomic mass is 10.2. The Morgan fingerprint density at radius 1 is 1.50 bits per heavy atom. The number of hydrogen-bond acceptors (Lipinski definition) is 7. The first kappa shape index (κ1) is 14.7. The van der Waals surface area contributed by atoms with E-state index in [0.717, 1.165) is 0 Å². The summed E-state index contributed by atoms with van der Waals surface area (Å²) in [7, 11) is 1.63. The van der Waals surface area contributed by atoms with Gasteiger partial charge in [-0.2, -0.15) is 0 Å². The van der Waals surface area contributed by atoms with Crippen molar-refractivity contribution < 1.29 is 14.4 Å². The lowest BCUT2D eigenvalue weighted by Gasteiger charge is -2.36. The van der Waals surface area contributed by atoms with Gasteiger partial charge < -0.3 is 24.5 Å². The van der Waals surface area contributed by atoms with Crippen molar-refractivity contribution in [1.82, 2.24) is 14.6 Å². The normalized spacial score (nSPS) is 22.2. The van der Waals surface area contributed by atoms with E-state index in [2.05, 4.69) is 10.1 Å². The van der Waals surface area contributed by atoms with Crippen LogP contribution in [0.4, 0.5) is 11.6 Å². The van der Waals surface area contributed by atoms with Crippen LogP contribution in [0, 0.1) is 10.1 Å². The number of methoxy groups -OCH3 is 1. The predicted molar refractivity (Wildman–Crippen MR) is 78.1 cm³/mol. The predicted octanol–water partition coefficient (Wildman–Crippen LogP) is 0.878. The summed E-state index contributed by atoms with van der Waals surface area (Å²) in [5.41, 5.74) is 0.449. The zero-order valence-corrected chi connectivity index (χ0v) is 12.4. The third kappa shape index (κ3) is 2.72. The fourth-order valence-corrected chi connectivity index (χ4v) is 2.65. The molecule has 2 atom stereocenters. The van der Waals surface area contributed by atoms with Crippen molar-refractivity contribution in [3.63, 3.8) is 0 Å². The monoisotopic (exact) mass is 307 g/mol. The van der Waals surface area contributed by atoms with E-state index in [1.165, 1.54) is 10.7 Å². The van der Waals surface area contributed by atoms with Gasteiger partial charge in [-0.25, -0.2) is 4.98 Å². The van der Waals surface area contributed by atoms with Crippen LogP contribution in [0.2, 0.25) is 0 Å². The number of ether oxygens (including phenoxy) is 2. The molecular formula is C13H17N5O4. The van der Waals surface area contributed by atoms with Crippen molar-refractivity contribution in [3.8, 4) is 0 Å². The smallest absolute Gasteiger partial charge is 0.368 e. The number of nitrogens with zero attached hydrogens (tertiary/aromatic N) is 5. The number of aromatic nitrogens is 3. The molecule has 2 unspecified atom stereocenters. The Morgan fingerprint density at radius 2 is 2.32 bits per heavy atom. The molecule has 0 aromatic carbocycles. The molecule has 0 spiro atoms. The van der Waals surface area contributed by atoms with Gasteiger partial charge in [-0.05, 0) is 17.9 Å². The zero-order chi connectivity index (χ0) is 15.7. The maximum Gasteiger partial charge on any atom is 0.368 e. The third-order valence-corrected chi connectivity index (χ3v) is 3.52. The van der Waals surface area contributed by atoms with Crippen molar-refractivity contribution in [3.05, 3.63) is 28.4 Å². The quantitative estimate of drug-likeness (QED) is 0.611. The van der Waals surface area contributed by atoms with E-state index in [-0.39, 0.29) is 18.0 Å². The highest BCUT2D eigenvalue weighted by molar-refractivity contribution is 5.49. The van der Waals surface area contributed by atoms with Crippen molar-refractivity contribution in [2.24, 2.45) is 0 Å². The average Bonchev–Trinajstić information content (AvgIpc) is 2.90. The van der Waals surface area contributed by atoms with Crippen molar-refractivity contribution in [2.75, 3.05) is 31.7 Å². The van der Waals surface area contributed by atoms with Gasteiger partial charge in [-0.3, -0.25) is 0 Å². The molecule has 118 valence electrons. The summed E-state index contributed by atoms with van der Waals surface area (Å²) in [5.74, 6) is 0.511. The van der Waals surface area contributed by atoms with Crippen LogP contribution in [0.1, 0.15) is 6.92 Å². The molecule has 22 heavy (non-hydrogen) atoms. The van der Waals surface area contributed by atoms with Crippen LogP contribution in [0.15, 0.2) is 18.3 Å². The first-order valence-corrected chi connectivity index (χ1v) is 6.97. The Balaban J connectivity index is 1.91. The van der Waals surface area contributed by atoms with Gasteiger partial charge in [-0.15, -0.1) is 0 Å². The molecule has 1 aliphatic rings. The van der Waals surface area contributed by atoms with Crippen LogP contribution >= 0.6 is 0 Å². The number of hydrogen-bond donors (Lipinski definition) is 0. The molecule has 1 aliphatic heterocycles. The van der Waals surface area contributed by atoms with Crippen LogP contribution in [0.3, 0.4) is 0 Å². The van der Waals surface area contributed by atoms with E-state index < -0.39 is 4.92 Å². The van der Waals surface area contributed by atoms with Gasteiger partial charge >= 0.3 is 5.82 Å². The first-order chi connectivity index (χ1) is 10.6. The topological polar surface area (TPSA) is 95.0 Å². The van der Waals surface area contributed by atoms with E-state index in [1.54, 1.807) is 13.2 Å². The highest BCUT2D eigenvalue weighted by Gasteiger charge is 2.27. The average molecular weight is 307 g/mol. The Labute approximate surface area is 126 Å². The molecule has 1 fully saturated rings. The van der Waals surface area contributed by atoms with Crippen molar-refractivity contribution >= 4 is 17.3 Å². The number of fused-ring (bicyclic) bond motifs is 1. The molecule has 0 bridgehead atoms. The molecule has 0 aliphatic carbocycles. The van der Waals surface area contributed by atoms with Gasteiger partial charge in [0.1, 0.15) is 6.20 Å². The second kappa shape index (κ2) is 5.85. The number of morpholine rings is 1. The number of nitro groups is 1. The first-order valence-electron chi connectivity index (χ1n) is 6.97. The standard InChI is InChI=1S/C13H17N5O4/c1-9-6-16(7-10(22-9)8-21-2)12-4-3-11-14-5-13(18(19)20)17(11)15-12/h3-5,9-10H,6-8H2,1-2H3. The summed E-state index contributed by atoms with van der Waals surface area (Å²) < 4.78 is 12.2. The Hall–Kier alpha value is -2.26. The molecule has 0 radical (unpaired) electrons. The van der Waals surface area contributed by atoms with E-state index in [9.17, 15) is 10.1 Å². The highest BCUT2D eigenvalue weighted by Crippen LogP contribution is 2.21. The van der Waals surface area contributed by atoms with Gasteiger partial charge in [0.25, 0.3) is 0 Å². The minimum Gasteiger partial charge on any atom is -0.382 e. The van der Waals surface area contributed by atoms with Crippen LogP contribution in [-0.4, -0.2) is 58.5 Å². The van der Waals surface area contributed by atoms with E-state index in [4.69, 9.17) is 9.47 Å². The molecule has 0 amide bonds. The molecule has 9 nitrogen and oxygen atoms in total. The molecule has 0 saturated carbocycles. The minimum absolute atomic E-state index is 0.0316. The molecular weight excluding hydrogens is 290 g/mol. The largest absolute Gasteiger partial charge is 0.382 e. The molecule has 1 saturated heterocycles. The number of rotatable bonds is 4. The number of imidazole rings is 1. The van der Waals surface area contributed by atoms with E-state index in [1.807, 2.05) is 17.9 Å². The Morgan fingerprint density at radius 3 is 3.05 bits per heavy atom. The molecule has 2 aromatic rings. The van der Waals surface area contributed by atoms with Crippen molar-refractivity contribution in [1.29, 1.82) is 0 Å². The second-order valence-corrected chi connectivity index (χ2v) is 5.26. The van der Waals surface area contributed by atoms with Crippen LogP contribution < -0.4 is 4.90 Å². The molecule has 3 rings (SSSR count). The van der Waals surface area contributed by atoms with E-state index >= 15 is 0 Å². The Bertz CT molecular complexity index is 688. The van der Waals surface area contributed by atoms with Gasteiger partial charge in [0.05, 0.1) is 18.8 Å². The minimum atomic E-state index is -0.494. The summed E-state index contributed by atoms with van der Waals surface area (Å²) in [4.78, 5) is 16.5. The van der Waals surface area contributed by atoms with E-state index in [0.29, 0.717) is 31.2 Å². The maximum absolute atomic E-state index is 11.0. The van der Waals surface area contributed by atoms with Crippen molar-refractivity contribution in [2.45, 2.75) is 19.1 Å². The SMILES string of the molecule is COCC1CN(c2ccc3ncc([N+](=O)[O-])n3n2)CC(C)O1. The highest BCUT2D eigenvalue weighted by atomic mass is 16.6. The summed E-state index contributed by atoms with van der Waals surface area (Å²) in [6.45, 7) is 3.77. The molecule has 2 aromatic heterocycles. The van der Waals surface area contributed by atoms with Gasteiger partial charge in [0.15, 0.2) is 5.82 Å². The lowest BCUT2D eigenvalue weighted by molar-refractivity contribution is -0.391. The second-order valence-electron chi connectivity index (χ2n) is 5.26.